The van der Waals surface area contributed by atoms with Crippen LogP contribution in [-0.4, -0.2) is 39.0 Å². The van der Waals surface area contributed by atoms with Gasteiger partial charge < -0.3 is 18.9 Å². The van der Waals surface area contributed by atoms with Crippen LogP contribution in [0.5, 0.6) is 11.5 Å². The maximum absolute atomic E-state index is 12.7. The number of hydrogen-bond donors (Lipinski definition) is 0. The first-order valence-electron chi connectivity index (χ1n) is 9.60. The third kappa shape index (κ3) is 8.08. The van der Waals surface area contributed by atoms with Crippen LogP contribution in [0.15, 0.2) is 47.4 Å². The maximum atomic E-state index is 12.7. The molecule has 0 saturated heterocycles. The summed E-state index contributed by atoms with van der Waals surface area (Å²) in [6.45, 7) is 5.04. The van der Waals surface area contributed by atoms with Gasteiger partial charge in [-0.15, -0.1) is 11.8 Å². The van der Waals surface area contributed by atoms with E-state index in [1.54, 1.807) is 11.8 Å². The van der Waals surface area contributed by atoms with E-state index in [9.17, 15) is 13.2 Å². The van der Waals surface area contributed by atoms with E-state index in [0.717, 1.165) is 34.8 Å². The lowest BCUT2D eigenvalue weighted by atomic mass is 10.2. The van der Waals surface area contributed by atoms with Crippen LogP contribution in [0.1, 0.15) is 24.5 Å². The topological polar surface area (TPSA) is 36.9 Å². The van der Waals surface area contributed by atoms with E-state index in [1.807, 2.05) is 19.1 Å². The lowest BCUT2D eigenvalue weighted by Crippen LogP contribution is -2.25. The molecule has 0 heterocycles. The first kappa shape index (κ1) is 24.4. The van der Waals surface area contributed by atoms with E-state index in [4.69, 9.17) is 18.9 Å². The summed E-state index contributed by atoms with van der Waals surface area (Å²) in [5, 5.41) is 0. The average Bonchev–Trinajstić information content (AvgIpc) is 2.72. The van der Waals surface area contributed by atoms with E-state index in [2.05, 4.69) is 13.0 Å². The summed E-state index contributed by atoms with van der Waals surface area (Å²) < 4.78 is 59.9. The van der Waals surface area contributed by atoms with Crippen molar-refractivity contribution in [3.63, 3.8) is 0 Å². The smallest absolute Gasteiger partial charge is 0.416 e. The highest BCUT2D eigenvalue weighted by Gasteiger charge is 2.30. The van der Waals surface area contributed by atoms with Gasteiger partial charge in [0, 0.05) is 17.8 Å². The Kier molecular flexibility index (Phi) is 9.81. The minimum atomic E-state index is -4.37. The third-order valence-electron chi connectivity index (χ3n) is 4.08. The number of aryl methyl sites for hydroxylation is 1. The zero-order chi connectivity index (χ0) is 22.0. The van der Waals surface area contributed by atoms with Crippen molar-refractivity contribution < 1.29 is 32.1 Å². The molecule has 0 aliphatic rings. The van der Waals surface area contributed by atoms with Crippen LogP contribution >= 0.6 is 11.8 Å². The van der Waals surface area contributed by atoms with Gasteiger partial charge in [-0.05, 0) is 61.4 Å². The molecule has 0 aliphatic carbocycles. The van der Waals surface area contributed by atoms with Gasteiger partial charge in [-0.3, -0.25) is 0 Å². The van der Waals surface area contributed by atoms with Gasteiger partial charge >= 0.3 is 6.18 Å². The molecule has 1 atom stereocenters. The van der Waals surface area contributed by atoms with Crippen molar-refractivity contribution in [1.29, 1.82) is 0 Å². The minimum Gasteiger partial charge on any atom is -0.493 e. The monoisotopic (exact) mass is 444 g/mol. The Morgan fingerprint density at radius 3 is 2.37 bits per heavy atom. The number of thioether (sulfide) groups is 1. The Morgan fingerprint density at radius 2 is 1.77 bits per heavy atom. The molecular weight excluding hydrogens is 417 g/mol. The molecule has 0 fully saturated rings. The van der Waals surface area contributed by atoms with E-state index in [0.29, 0.717) is 18.1 Å². The molecule has 0 unspecified atom stereocenters. The molecule has 0 amide bonds. The molecule has 0 radical (unpaired) electrons. The minimum absolute atomic E-state index is 0.102. The van der Waals surface area contributed by atoms with Crippen molar-refractivity contribution in [2.45, 2.75) is 37.4 Å². The second kappa shape index (κ2) is 12.1. The van der Waals surface area contributed by atoms with Gasteiger partial charge in [0.2, 0.25) is 0 Å². The quantitative estimate of drug-likeness (QED) is 0.298. The van der Waals surface area contributed by atoms with Gasteiger partial charge in [0.1, 0.15) is 31.0 Å². The number of ether oxygens (including phenoxy) is 4. The third-order valence-corrected chi connectivity index (χ3v) is 5.21. The fourth-order valence-electron chi connectivity index (χ4n) is 2.51. The highest BCUT2D eigenvalue weighted by Crippen LogP contribution is 2.30. The van der Waals surface area contributed by atoms with E-state index < -0.39 is 11.7 Å². The molecule has 0 spiro atoms. The Labute approximate surface area is 179 Å². The molecule has 0 N–H and O–H groups in total. The van der Waals surface area contributed by atoms with E-state index >= 15 is 0 Å². The summed E-state index contributed by atoms with van der Waals surface area (Å²) in [4.78, 5) is 1.07. The van der Waals surface area contributed by atoms with E-state index in [-0.39, 0.29) is 19.5 Å². The Hall–Kier alpha value is -1.90. The van der Waals surface area contributed by atoms with Gasteiger partial charge in [0.05, 0.1) is 12.2 Å². The summed E-state index contributed by atoms with van der Waals surface area (Å²) in [5.41, 5.74) is 0.350. The highest BCUT2D eigenvalue weighted by atomic mass is 32.2. The molecule has 30 heavy (non-hydrogen) atoms. The number of methoxy groups -OCH3 is 1. The zero-order valence-electron chi connectivity index (χ0n) is 17.3. The van der Waals surface area contributed by atoms with Crippen molar-refractivity contribution in [1.82, 2.24) is 0 Å². The fraction of sp³-hybridized carbons (Fsp3) is 0.455. The highest BCUT2D eigenvalue weighted by molar-refractivity contribution is 7.99. The van der Waals surface area contributed by atoms with Crippen molar-refractivity contribution in [3.05, 3.63) is 53.6 Å². The second-order valence-electron chi connectivity index (χ2n) is 6.62. The van der Waals surface area contributed by atoms with Crippen LogP contribution in [0.3, 0.4) is 0 Å². The molecule has 2 rings (SSSR count). The second-order valence-corrected chi connectivity index (χ2v) is 7.71. The van der Waals surface area contributed by atoms with Gasteiger partial charge in [-0.2, -0.15) is 13.2 Å². The van der Waals surface area contributed by atoms with Crippen molar-refractivity contribution in [2.75, 3.05) is 32.9 Å². The lowest BCUT2D eigenvalue weighted by molar-refractivity contribution is -0.137. The molecule has 2 aromatic rings. The van der Waals surface area contributed by atoms with Crippen LogP contribution in [0, 0.1) is 6.92 Å². The zero-order valence-corrected chi connectivity index (χ0v) is 18.1. The standard InChI is InChI=1S/C22H27F3O4S/c1-4-11-27-21-10-9-20(12-16(21)2)30-14-19(29-15-26-3)13-28-18-7-5-17(6-8-18)22(23,24)25/h5-10,12,19H,4,11,13-15H2,1-3H3/t19-/m0/s1. The molecule has 8 heteroatoms. The molecule has 0 bridgehead atoms. The molecule has 0 aromatic heterocycles. The van der Waals surface area contributed by atoms with Gasteiger partial charge in [0.15, 0.2) is 0 Å². The molecule has 0 saturated carbocycles. The molecular formula is C22H27F3O4S. The summed E-state index contributed by atoms with van der Waals surface area (Å²) in [6.07, 6.45) is -3.71. The van der Waals surface area contributed by atoms with Crippen molar-refractivity contribution in [3.8, 4) is 11.5 Å². The molecule has 4 nitrogen and oxygen atoms in total. The van der Waals surface area contributed by atoms with Gasteiger partial charge in [-0.1, -0.05) is 6.92 Å². The van der Waals surface area contributed by atoms with Crippen molar-refractivity contribution >= 4 is 11.8 Å². The molecule has 0 aliphatic heterocycles. The Bertz CT molecular complexity index is 766. The fourth-order valence-corrected chi connectivity index (χ4v) is 3.51. The normalized spacial score (nSPS) is 12.6. The van der Waals surface area contributed by atoms with Crippen LogP contribution < -0.4 is 9.47 Å². The summed E-state index contributed by atoms with van der Waals surface area (Å²) in [6, 6.07) is 10.6. The van der Waals surface area contributed by atoms with Crippen LogP contribution in [-0.2, 0) is 15.7 Å². The van der Waals surface area contributed by atoms with Gasteiger partial charge in [-0.25, -0.2) is 0 Å². The predicted octanol–water partition coefficient (Wildman–Crippen LogP) is 5.96. The Morgan fingerprint density at radius 1 is 1.03 bits per heavy atom. The van der Waals surface area contributed by atoms with E-state index in [1.165, 1.54) is 19.2 Å². The van der Waals surface area contributed by atoms with Crippen molar-refractivity contribution in [2.24, 2.45) is 0 Å². The van der Waals surface area contributed by atoms with Crippen LogP contribution in [0.4, 0.5) is 13.2 Å². The first-order chi connectivity index (χ1) is 14.3. The average molecular weight is 445 g/mol. The summed E-state index contributed by atoms with van der Waals surface area (Å²) >= 11 is 1.60. The summed E-state index contributed by atoms with van der Waals surface area (Å²) in [5.74, 6) is 1.82. The van der Waals surface area contributed by atoms with Gasteiger partial charge in [0.25, 0.3) is 0 Å². The lowest BCUT2D eigenvalue weighted by Gasteiger charge is -2.18. The number of benzene rings is 2. The first-order valence-corrected chi connectivity index (χ1v) is 10.6. The number of alkyl halides is 3. The largest absolute Gasteiger partial charge is 0.493 e. The maximum Gasteiger partial charge on any atom is 0.416 e. The summed E-state index contributed by atoms with van der Waals surface area (Å²) in [7, 11) is 1.53. The number of hydrogen-bond acceptors (Lipinski definition) is 5. The molecule has 2 aromatic carbocycles. The number of rotatable bonds is 12. The SMILES string of the molecule is CCCOc1ccc(SC[C@H](COc2ccc(C(F)(F)F)cc2)OCOC)cc1C. The molecule has 166 valence electrons. The predicted molar refractivity (Wildman–Crippen MR) is 111 cm³/mol. The Balaban J connectivity index is 1.91. The van der Waals surface area contributed by atoms with Crippen LogP contribution in [0.2, 0.25) is 0 Å². The number of halogens is 3. The van der Waals surface area contributed by atoms with Crippen LogP contribution in [0.25, 0.3) is 0 Å².